The third kappa shape index (κ3) is 8.35. The summed E-state index contributed by atoms with van der Waals surface area (Å²) in [5, 5.41) is 8.90. The summed E-state index contributed by atoms with van der Waals surface area (Å²) in [5.41, 5.74) is 0. The highest BCUT2D eigenvalue weighted by Gasteiger charge is 2.02. The zero-order valence-corrected chi connectivity index (χ0v) is 8.82. The van der Waals surface area contributed by atoms with Gasteiger partial charge in [-0.25, -0.2) is 0 Å². The first-order chi connectivity index (χ1) is 5.81. The van der Waals surface area contributed by atoms with Gasteiger partial charge in [0.1, 0.15) is 0 Å². The van der Waals surface area contributed by atoms with Crippen LogP contribution >= 0.6 is 11.6 Å². The van der Waals surface area contributed by atoms with Gasteiger partial charge >= 0.3 is 0 Å². The standard InChI is InChI=1S/C10H21ClO/c1-2-3-7-10(11)8-5-4-6-9-12/h10,12H,2-9H2,1H3. The summed E-state index contributed by atoms with van der Waals surface area (Å²) in [6.07, 6.45) is 7.95. The van der Waals surface area contributed by atoms with E-state index in [0.29, 0.717) is 12.0 Å². The van der Waals surface area contributed by atoms with E-state index >= 15 is 0 Å². The summed E-state index contributed by atoms with van der Waals surface area (Å²) in [6, 6.07) is 0. The normalized spacial score (nSPS) is 13.2. The molecule has 74 valence electrons. The molecular formula is C10H21ClO. The quantitative estimate of drug-likeness (QED) is 0.462. The van der Waals surface area contributed by atoms with Gasteiger partial charge in [0.2, 0.25) is 0 Å². The number of aliphatic hydroxyl groups excluding tert-OH is 1. The summed E-state index contributed by atoms with van der Waals surface area (Å²) >= 11 is 6.08. The lowest BCUT2D eigenvalue weighted by atomic mass is 10.1. The van der Waals surface area contributed by atoms with Crippen LogP contribution in [0, 0.1) is 0 Å². The molecule has 0 aliphatic carbocycles. The monoisotopic (exact) mass is 192 g/mol. The van der Waals surface area contributed by atoms with Gasteiger partial charge in [0.15, 0.2) is 0 Å². The van der Waals surface area contributed by atoms with Crippen molar-refractivity contribution in [2.24, 2.45) is 0 Å². The van der Waals surface area contributed by atoms with Gasteiger partial charge in [-0.2, -0.15) is 0 Å². The minimum Gasteiger partial charge on any atom is -0.396 e. The Labute approximate surface area is 81.1 Å². The molecule has 12 heavy (non-hydrogen) atoms. The van der Waals surface area contributed by atoms with Gasteiger partial charge in [-0.05, 0) is 19.3 Å². The molecule has 0 saturated heterocycles. The average Bonchev–Trinajstić information content (AvgIpc) is 2.09. The summed E-state index contributed by atoms with van der Waals surface area (Å²) in [7, 11) is 0. The zero-order valence-electron chi connectivity index (χ0n) is 8.06. The zero-order chi connectivity index (χ0) is 9.23. The average molecular weight is 193 g/mol. The Morgan fingerprint density at radius 2 is 1.75 bits per heavy atom. The highest BCUT2D eigenvalue weighted by molar-refractivity contribution is 6.20. The van der Waals surface area contributed by atoms with Crippen LogP contribution in [-0.2, 0) is 0 Å². The lowest BCUT2D eigenvalue weighted by molar-refractivity contribution is 0.282. The number of rotatable bonds is 8. The van der Waals surface area contributed by atoms with E-state index in [2.05, 4.69) is 6.92 Å². The fourth-order valence-electron chi connectivity index (χ4n) is 1.22. The molecule has 0 aliphatic rings. The Morgan fingerprint density at radius 1 is 1.08 bits per heavy atom. The maximum absolute atomic E-state index is 8.54. The van der Waals surface area contributed by atoms with E-state index in [1.54, 1.807) is 0 Å². The largest absolute Gasteiger partial charge is 0.396 e. The molecule has 0 bridgehead atoms. The molecule has 0 fully saturated rings. The van der Waals surface area contributed by atoms with Crippen LogP contribution in [0.25, 0.3) is 0 Å². The SMILES string of the molecule is CCCCC(Cl)CCCCCO. The number of unbranched alkanes of at least 4 members (excludes halogenated alkanes) is 3. The van der Waals surface area contributed by atoms with E-state index in [4.69, 9.17) is 16.7 Å². The predicted octanol–water partition coefficient (Wildman–Crippen LogP) is 3.34. The molecule has 0 radical (unpaired) electrons. The Kier molecular flexibility index (Phi) is 9.53. The van der Waals surface area contributed by atoms with Gasteiger partial charge in [-0.1, -0.05) is 32.6 Å². The fraction of sp³-hybridized carbons (Fsp3) is 1.00. The van der Waals surface area contributed by atoms with Crippen molar-refractivity contribution in [2.75, 3.05) is 6.61 Å². The number of hydrogen-bond donors (Lipinski definition) is 1. The van der Waals surface area contributed by atoms with Crippen molar-refractivity contribution >= 4 is 11.6 Å². The van der Waals surface area contributed by atoms with E-state index in [0.717, 1.165) is 25.7 Å². The van der Waals surface area contributed by atoms with Crippen LogP contribution in [0.1, 0.15) is 51.9 Å². The second-order valence-corrected chi connectivity index (χ2v) is 3.93. The highest BCUT2D eigenvalue weighted by Crippen LogP contribution is 2.14. The Balaban J connectivity index is 3.02. The minimum atomic E-state index is 0.321. The van der Waals surface area contributed by atoms with Gasteiger partial charge in [0.25, 0.3) is 0 Å². The number of alkyl halides is 1. The number of aliphatic hydroxyl groups is 1. The Hall–Kier alpha value is 0.250. The summed E-state index contributed by atoms with van der Waals surface area (Å²) in [4.78, 5) is 0. The van der Waals surface area contributed by atoms with Crippen molar-refractivity contribution in [2.45, 2.75) is 57.2 Å². The summed E-state index contributed by atoms with van der Waals surface area (Å²) < 4.78 is 0. The molecule has 1 N–H and O–H groups in total. The molecule has 0 rings (SSSR count). The van der Waals surface area contributed by atoms with Crippen LogP contribution in [0.15, 0.2) is 0 Å². The van der Waals surface area contributed by atoms with E-state index in [1.807, 2.05) is 0 Å². The fourth-order valence-corrected chi connectivity index (χ4v) is 1.53. The smallest absolute Gasteiger partial charge is 0.0431 e. The molecule has 0 aromatic rings. The second kappa shape index (κ2) is 9.34. The maximum Gasteiger partial charge on any atom is 0.0431 e. The molecule has 0 saturated carbocycles. The topological polar surface area (TPSA) is 20.2 Å². The summed E-state index contributed by atoms with van der Waals surface area (Å²) in [5.74, 6) is 0. The van der Waals surface area contributed by atoms with Gasteiger partial charge in [0, 0.05) is 12.0 Å². The second-order valence-electron chi connectivity index (χ2n) is 3.31. The first kappa shape index (κ1) is 12.2. The van der Waals surface area contributed by atoms with Crippen molar-refractivity contribution < 1.29 is 5.11 Å². The lowest BCUT2D eigenvalue weighted by Gasteiger charge is -2.07. The van der Waals surface area contributed by atoms with E-state index in [1.165, 1.54) is 19.3 Å². The van der Waals surface area contributed by atoms with Crippen molar-refractivity contribution in [3.8, 4) is 0 Å². The van der Waals surface area contributed by atoms with Crippen molar-refractivity contribution in [1.29, 1.82) is 0 Å². The van der Waals surface area contributed by atoms with Crippen molar-refractivity contribution in [3.05, 3.63) is 0 Å². The molecule has 0 amide bonds. The van der Waals surface area contributed by atoms with Gasteiger partial charge in [-0.3, -0.25) is 0 Å². The molecular weight excluding hydrogens is 172 g/mol. The Morgan fingerprint density at radius 3 is 2.33 bits per heavy atom. The van der Waals surface area contributed by atoms with Gasteiger partial charge in [-0.15, -0.1) is 11.6 Å². The highest BCUT2D eigenvalue weighted by atomic mass is 35.5. The molecule has 0 heterocycles. The van der Waals surface area contributed by atoms with Crippen LogP contribution in [-0.4, -0.2) is 17.1 Å². The van der Waals surface area contributed by atoms with Gasteiger partial charge in [0.05, 0.1) is 0 Å². The Bertz CT molecular complexity index is 85.9. The molecule has 0 aromatic heterocycles. The molecule has 0 aliphatic heterocycles. The third-order valence-corrected chi connectivity index (χ3v) is 2.48. The van der Waals surface area contributed by atoms with Crippen molar-refractivity contribution in [1.82, 2.24) is 0 Å². The molecule has 1 atom stereocenters. The predicted molar refractivity (Wildman–Crippen MR) is 54.7 cm³/mol. The van der Waals surface area contributed by atoms with Crippen LogP contribution in [0.4, 0.5) is 0 Å². The number of hydrogen-bond acceptors (Lipinski definition) is 1. The van der Waals surface area contributed by atoms with Gasteiger partial charge < -0.3 is 5.11 Å². The van der Waals surface area contributed by atoms with Crippen molar-refractivity contribution in [3.63, 3.8) is 0 Å². The van der Waals surface area contributed by atoms with E-state index < -0.39 is 0 Å². The van der Waals surface area contributed by atoms with E-state index in [-0.39, 0.29) is 0 Å². The first-order valence-electron chi connectivity index (χ1n) is 5.06. The lowest BCUT2D eigenvalue weighted by Crippen LogP contribution is -1.98. The van der Waals surface area contributed by atoms with Crippen LogP contribution < -0.4 is 0 Å². The minimum absolute atomic E-state index is 0.321. The summed E-state index contributed by atoms with van der Waals surface area (Å²) in [6.45, 7) is 2.51. The van der Waals surface area contributed by atoms with Crippen LogP contribution in [0.5, 0.6) is 0 Å². The molecule has 0 aromatic carbocycles. The molecule has 0 spiro atoms. The third-order valence-electron chi connectivity index (χ3n) is 2.05. The first-order valence-corrected chi connectivity index (χ1v) is 5.49. The molecule has 1 unspecified atom stereocenters. The van der Waals surface area contributed by atoms with Crippen LogP contribution in [0.2, 0.25) is 0 Å². The maximum atomic E-state index is 8.54. The molecule has 1 nitrogen and oxygen atoms in total. The number of halogens is 1. The molecule has 2 heteroatoms. The van der Waals surface area contributed by atoms with Crippen LogP contribution in [0.3, 0.4) is 0 Å². The van der Waals surface area contributed by atoms with E-state index in [9.17, 15) is 0 Å².